The van der Waals surface area contributed by atoms with E-state index in [1.54, 1.807) is 0 Å². The fraction of sp³-hybridized carbons (Fsp3) is 0.467. The standard InChI is InChI=1S/C15H17F3N4/c16-15(17,18)12-9-13(19-10-5-1-2-6-10)22-14(21-12)20-11-7-3-4-8-11/h1-4,9-11H,5-8H2,(H2,19,20,21,22). The molecule has 2 aliphatic rings. The van der Waals surface area contributed by atoms with Gasteiger partial charge in [0.05, 0.1) is 0 Å². The molecule has 0 radical (unpaired) electrons. The molecule has 118 valence electrons. The number of anilines is 2. The van der Waals surface area contributed by atoms with Crippen molar-refractivity contribution in [1.29, 1.82) is 0 Å². The maximum Gasteiger partial charge on any atom is 0.433 e. The van der Waals surface area contributed by atoms with Crippen molar-refractivity contribution in [1.82, 2.24) is 9.97 Å². The first-order valence-electron chi connectivity index (χ1n) is 7.30. The number of hydrogen-bond acceptors (Lipinski definition) is 4. The van der Waals surface area contributed by atoms with Gasteiger partial charge >= 0.3 is 6.18 Å². The van der Waals surface area contributed by atoms with Crippen LogP contribution in [0.5, 0.6) is 0 Å². The highest BCUT2D eigenvalue weighted by Crippen LogP contribution is 2.30. The molecule has 2 aliphatic carbocycles. The second-order valence-corrected chi connectivity index (χ2v) is 5.53. The minimum absolute atomic E-state index is 0.0250. The van der Waals surface area contributed by atoms with Crippen LogP contribution in [0.25, 0.3) is 0 Å². The third kappa shape index (κ3) is 3.58. The third-order valence-electron chi connectivity index (χ3n) is 3.72. The van der Waals surface area contributed by atoms with Crippen LogP contribution in [0.4, 0.5) is 24.9 Å². The van der Waals surface area contributed by atoms with Gasteiger partial charge in [0.2, 0.25) is 5.95 Å². The summed E-state index contributed by atoms with van der Waals surface area (Å²) in [6.45, 7) is 0. The molecule has 7 heteroatoms. The summed E-state index contributed by atoms with van der Waals surface area (Å²) in [5.41, 5.74) is -0.926. The maximum absolute atomic E-state index is 13.0. The molecule has 1 heterocycles. The van der Waals surface area contributed by atoms with Crippen LogP contribution in [-0.2, 0) is 6.18 Å². The van der Waals surface area contributed by atoms with Gasteiger partial charge < -0.3 is 10.6 Å². The Balaban J connectivity index is 1.80. The van der Waals surface area contributed by atoms with Crippen LogP contribution in [0, 0.1) is 0 Å². The number of nitrogens with one attached hydrogen (secondary N) is 2. The van der Waals surface area contributed by atoms with Crippen LogP contribution in [0.3, 0.4) is 0 Å². The summed E-state index contributed by atoms with van der Waals surface area (Å²) in [7, 11) is 0. The first kappa shape index (κ1) is 14.9. The van der Waals surface area contributed by atoms with E-state index in [-0.39, 0.29) is 23.8 Å². The summed E-state index contributed by atoms with van der Waals surface area (Å²) in [5.74, 6) is 0.237. The number of halogens is 3. The Morgan fingerprint density at radius 2 is 1.41 bits per heavy atom. The van der Waals surface area contributed by atoms with Gasteiger partial charge in [-0.15, -0.1) is 0 Å². The lowest BCUT2D eigenvalue weighted by Gasteiger charge is -2.18. The SMILES string of the molecule is FC(F)(F)c1cc(NC2CC=CC2)nc(NC2CC=CC2)n1. The van der Waals surface area contributed by atoms with Gasteiger partial charge in [0.1, 0.15) is 5.82 Å². The van der Waals surface area contributed by atoms with Gasteiger partial charge in [0, 0.05) is 18.2 Å². The summed E-state index contributed by atoms with van der Waals surface area (Å²) >= 11 is 0. The van der Waals surface area contributed by atoms with Crippen LogP contribution in [-0.4, -0.2) is 22.1 Å². The lowest BCUT2D eigenvalue weighted by molar-refractivity contribution is -0.141. The number of hydrogen-bond donors (Lipinski definition) is 2. The fourth-order valence-electron chi connectivity index (χ4n) is 2.59. The molecule has 22 heavy (non-hydrogen) atoms. The molecular formula is C15H17F3N4. The van der Waals surface area contributed by atoms with Crippen molar-refractivity contribution in [2.75, 3.05) is 10.6 Å². The van der Waals surface area contributed by atoms with Crippen molar-refractivity contribution >= 4 is 11.8 Å². The van der Waals surface area contributed by atoms with Crippen LogP contribution in [0.1, 0.15) is 31.4 Å². The molecule has 0 atom stereocenters. The van der Waals surface area contributed by atoms with Gasteiger partial charge in [-0.05, 0) is 25.7 Å². The number of nitrogens with zero attached hydrogens (tertiary/aromatic N) is 2. The van der Waals surface area contributed by atoms with E-state index in [9.17, 15) is 13.2 Å². The second kappa shape index (κ2) is 5.98. The molecule has 2 N–H and O–H groups in total. The van der Waals surface area contributed by atoms with Gasteiger partial charge in [0.25, 0.3) is 0 Å². The maximum atomic E-state index is 13.0. The van der Waals surface area contributed by atoms with Gasteiger partial charge in [-0.25, -0.2) is 4.98 Å². The number of alkyl halides is 3. The van der Waals surface area contributed by atoms with Crippen molar-refractivity contribution in [3.05, 3.63) is 36.1 Å². The fourth-order valence-corrected chi connectivity index (χ4v) is 2.59. The minimum atomic E-state index is -4.49. The van der Waals surface area contributed by atoms with Gasteiger partial charge in [-0.2, -0.15) is 18.2 Å². The minimum Gasteiger partial charge on any atom is -0.367 e. The highest BCUT2D eigenvalue weighted by Gasteiger charge is 2.34. The zero-order chi connectivity index (χ0) is 15.6. The summed E-state index contributed by atoms with van der Waals surface area (Å²) < 4.78 is 39.0. The van der Waals surface area contributed by atoms with E-state index in [0.29, 0.717) is 0 Å². The third-order valence-corrected chi connectivity index (χ3v) is 3.72. The van der Waals surface area contributed by atoms with Gasteiger partial charge in [0.15, 0.2) is 5.69 Å². The first-order chi connectivity index (χ1) is 10.5. The molecule has 1 aromatic heterocycles. The molecule has 0 spiro atoms. The smallest absolute Gasteiger partial charge is 0.367 e. The lowest BCUT2D eigenvalue weighted by atomic mass is 10.2. The predicted molar refractivity (Wildman–Crippen MR) is 78.6 cm³/mol. The van der Waals surface area contributed by atoms with Gasteiger partial charge in [-0.3, -0.25) is 0 Å². The molecule has 0 fully saturated rings. The summed E-state index contributed by atoms with van der Waals surface area (Å²) in [6.07, 6.45) is 6.64. The predicted octanol–water partition coefficient (Wildman–Crippen LogP) is 3.76. The molecule has 0 unspecified atom stereocenters. The highest BCUT2D eigenvalue weighted by molar-refractivity contribution is 5.45. The Morgan fingerprint density at radius 3 is 1.95 bits per heavy atom. The van der Waals surface area contributed by atoms with Crippen molar-refractivity contribution in [3.8, 4) is 0 Å². The molecule has 0 amide bonds. The Kier molecular flexibility index (Phi) is 4.04. The van der Waals surface area contributed by atoms with Crippen molar-refractivity contribution in [2.24, 2.45) is 0 Å². The molecule has 0 aliphatic heterocycles. The van der Waals surface area contributed by atoms with E-state index in [1.807, 2.05) is 24.3 Å². The summed E-state index contributed by atoms with van der Waals surface area (Å²) in [6, 6.07) is 1.12. The zero-order valence-electron chi connectivity index (χ0n) is 11.9. The largest absolute Gasteiger partial charge is 0.433 e. The van der Waals surface area contributed by atoms with Gasteiger partial charge in [-0.1, -0.05) is 24.3 Å². The molecule has 0 saturated heterocycles. The van der Waals surface area contributed by atoms with Crippen LogP contribution < -0.4 is 10.6 Å². The normalized spacial score (nSPS) is 19.0. The molecule has 0 saturated carbocycles. The van der Waals surface area contributed by atoms with E-state index < -0.39 is 11.9 Å². The quantitative estimate of drug-likeness (QED) is 0.832. The van der Waals surface area contributed by atoms with Crippen molar-refractivity contribution in [3.63, 3.8) is 0 Å². The van der Waals surface area contributed by atoms with E-state index in [0.717, 1.165) is 31.7 Å². The highest BCUT2D eigenvalue weighted by atomic mass is 19.4. The number of rotatable bonds is 4. The monoisotopic (exact) mass is 310 g/mol. The Labute approximate surface area is 126 Å². The summed E-state index contributed by atoms with van der Waals surface area (Å²) in [5, 5.41) is 6.03. The molecule has 0 bridgehead atoms. The number of aromatic nitrogens is 2. The molecule has 3 rings (SSSR count). The lowest BCUT2D eigenvalue weighted by Crippen LogP contribution is -2.22. The molecule has 4 nitrogen and oxygen atoms in total. The second-order valence-electron chi connectivity index (χ2n) is 5.53. The van der Waals surface area contributed by atoms with Crippen LogP contribution in [0.2, 0.25) is 0 Å². The molecule has 1 aromatic rings. The molecule has 0 aromatic carbocycles. The average molecular weight is 310 g/mol. The van der Waals surface area contributed by atoms with E-state index >= 15 is 0 Å². The Hall–Kier alpha value is -2.05. The Morgan fingerprint density at radius 1 is 0.864 bits per heavy atom. The van der Waals surface area contributed by atoms with Crippen LogP contribution >= 0.6 is 0 Å². The topological polar surface area (TPSA) is 49.8 Å². The van der Waals surface area contributed by atoms with Crippen molar-refractivity contribution < 1.29 is 13.2 Å². The van der Waals surface area contributed by atoms with E-state index in [4.69, 9.17) is 0 Å². The Bertz CT molecular complexity index is 537. The summed E-state index contributed by atoms with van der Waals surface area (Å²) in [4.78, 5) is 7.80. The van der Waals surface area contributed by atoms with E-state index in [1.165, 1.54) is 0 Å². The van der Waals surface area contributed by atoms with Crippen molar-refractivity contribution in [2.45, 2.75) is 43.9 Å². The van der Waals surface area contributed by atoms with E-state index in [2.05, 4.69) is 20.6 Å². The molecular weight excluding hydrogens is 293 g/mol. The zero-order valence-corrected chi connectivity index (χ0v) is 11.9. The van der Waals surface area contributed by atoms with Crippen LogP contribution in [0.15, 0.2) is 30.4 Å². The average Bonchev–Trinajstić information content (AvgIpc) is 3.11. The first-order valence-corrected chi connectivity index (χ1v) is 7.30.